The standard InChI is InChI=1S/C24H20ClF3N2O5S/c1-2-35-23(32)20-14-17(11-12-21(20)25)29-22(31)15-30(36(33,34)19-9-4-3-5-10-19)18-8-6-7-16(13-18)24(26,27)28/h3-14H,2,15H2,1H3,(H,29,31). The molecule has 7 nitrogen and oxygen atoms in total. The summed E-state index contributed by atoms with van der Waals surface area (Å²) >= 11 is 6.01. The number of anilines is 2. The van der Waals surface area contributed by atoms with Crippen molar-refractivity contribution in [2.45, 2.75) is 18.0 Å². The molecule has 0 saturated heterocycles. The molecule has 0 aliphatic rings. The summed E-state index contributed by atoms with van der Waals surface area (Å²) < 4.78 is 72.0. The molecular weight excluding hydrogens is 521 g/mol. The second-order valence-electron chi connectivity index (χ2n) is 7.34. The van der Waals surface area contributed by atoms with E-state index in [0.29, 0.717) is 10.4 Å². The van der Waals surface area contributed by atoms with Crippen LogP contribution in [0.25, 0.3) is 0 Å². The molecule has 0 aliphatic heterocycles. The number of nitrogens with one attached hydrogen (secondary N) is 1. The van der Waals surface area contributed by atoms with E-state index in [4.69, 9.17) is 16.3 Å². The number of carbonyl (C=O) groups is 2. The first-order valence-corrected chi connectivity index (χ1v) is 12.3. The third-order valence-electron chi connectivity index (χ3n) is 4.83. The van der Waals surface area contributed by atoms with Crippen molar-refractivity contribution in [1.82, 2.24) is 0 Å². The van der Waals surface area contributed by atoms with Crippen LogP contribution in [-0.4, -0.2) is 33.4 Å². The Morgan fingerprint density at radius 3 is 2.33 bits per heavy atom. The lowest BCUT2D eigenvalue weighted by Gasteiger charge is -2.25. The topological polar surface area (TPSA) is 92.8 Å². The van der Waals surface area contributed by atoms with Gasteiger partial charge in [-0.2, -0.15) is 13.2 Å². The lowest BCUT2D eigenvalue weighted by molar-refractivity contribution is -0.137. The molecule has 0 heterocycles. The number of hydrogen-bond donors (Lipinski definition) is 1. The number of rotatable bonds is 8. The Morgan fingerprint density at radius 1 is 1.00 bits per heavy atom. The summed E-state index contributed by atoms with van der Waals surface area (Å²) in [5.74, 6) is -1.60. The molecule has 0 spiro atoms. The Kier molecular flexibility index (Phi) is 8.26. The second-order valence-corrected chi connectivity index (χ2v) is 9.61. The van der Waals surface area contributed by atoms with E-state index in [1.165, 1.54) is 42.5 Å². The number of carbonyl (C=O) groups excluding carboxylic acids is 2. The maximum atomic E-state index is 13.3. The number of benzene rings is 3. The highest BCUT2D eigenvalue weighted by molar-refractivity contribution is 7.92. The number of ether oxygens (including phenoxy) is 1. The second kappa shape index (κ2) is 11.0. The van der Waals surface area contributed by atoms with Crippen LogP contribution in [0.2, 0.25) is 5.02 Å². The summed E-state index contributed by atoms with van der Waals surface area (Å²) in [6.07, 6.45) is -4.73. The zero-order valence-corrected chi connectivity index (χ0v) is 20.3. The van der Waals surface area contributed by atoms with Gasteiger partial charge in [0.1, 0.15) is 6.54 Å². The fourth-order valence-electron chi connectivity index (χ4n) is 3.17. The fraction of sp³-hybridized carbons (Fsp3) is 0.167. The van der Waals surface area contributed by atoms with Crippen LogP contribution in [0.4, 0.5) is 24.5 Å². The van der Waals surface area contributed by atoms with Gasteiger partial charge in [-0.25, -0.2) is 13.2 Å². The monoisotopic (exact) mass is 540 g/mol. The zero-order chi connectivity index (χ0) is 26.5. The summed E-state index contributed by atoms with van der Waals surface area (Å²) in [6, 6.07) is 14.6. The van der Waals surface area contributed by atoms with Crippen molar-refractivity contribution in [1.29, 1.82) is 0 Å². The van der Waals surface area contributed by atoms with Crippen molar-refractivity contribution in [3.8, 4) is 0 Å². The Balaban J connectivity index is 1.96. The first-order valence-electron chi connectivity index (χ1n) is 10.4. The highest BCUT2D eigenvalue weighted by Crippen LogP contribution is 2.33. The number of sulfonamides is 1. The molecule has 0 atom stereocenters. The SMILES string of the molecule is CCOC(=O)c1cc(NC(=O)CN(c2cccc(C(F)(F)F)c2)S(=O)(=O)c2ccccc2)ccc1Cl. The van der Waals surface area contributed by atoms with Crippen LogP contribution in [0.3, 0.4) is 0 Å². The first-order chi connectivity index (χ1) is 16.9. The molecule has 0 aromatic heterocycles. The van der Waals surface area contributed by atoms with Crippen molar-refractivity contribution in [2.24, 2.45) is 0 Å². The van der Waals surface area contributed by atoms with Crippen LogP contribution >= 0.6 is 11.6 Å². The number of hydrogen-bond acceptors (Lipinski definition) is 5. The third-order valence-corrected chi connectivity index (χ3v) is 6.94. The quantitative estimate of drug-likeness (QED) is 0.388. The van der Waals surface area contributed by atoms with Gasteiger partial charge in [-0.15, -0.1) is 0 Å². The molecule has 1 N–H and O–H groups in total. The van der Waals surface area contributed by atoms with Crippen molar-refractivity contribution in [3.05, 3.63) is 88.9 Å². The Labute approximate surface area is 210 Å². The van der Waals surface area contributed by atoms with Gasteiger partial charge in [0.25, 0.3) is 10.0 Å². The highest BCUT2D eigenvalue weighted by atomic mass is 35.5. The smallest absolute Gasteiger partial charge is 0.416 e. The average Bonchev–Trinajstić information content (AvgIpc) is 2.84. The van der Waals surface area contributed by atoms with E-state index in [-0.39, 0.29) is 33.5 Å². The van der Waals surface area contributed by atoms with E-state index in [0.717, 1.165) is 18.2 Å². The van der Waals surface area contributed by atoms with E-state index in [1.807, 2.05) is 0 Å². The molecule has 0 radical (unpaired) electrons. The molecule has 3 rings (SSSR count). The lowest BCUT2D eigenvalue weighted by Crippen LogP contribution is -2.38. The molecule has 0 saturated carbocycles. The van der Waals surface area contributed by atoms with E-state index >= 15 is 0 Å². The third kappa shape index (κ3) is 6.35. The maximum Gasteiger partial charge on any atom is 0.416 e. The molecule has 0 unspecified atom stereocenters. The van der Waals surface area contributed by atoms with E-state index in [9.17, 15) is 31.2 Å². The molecule has 0 fully saturated rings. The van der Waals surface area contributed by atoms with Gasteiger partial charge < -0.3 is 10.1 Å². The maximum absolute atomic E-state index is 13.3. The van der Waals surface area contributed by atoms with Crippen LogP contribution < -0.4 is 9.62 Å². The molecule has 0 aliphatic carbocycles. The van der Waals surface area contributed by atoms with Crippen molar-refractivity contribution in [3.63, 3.8) is 0 Å². The summed E-state index contributed by atoms with van der Waals surface area (Å²) in [7, 11) is -4.43. The number of esters is 1. The average molecular weight is 541 g/mol. The van der Waals surface area contributed by atoms with Crippen molar-refractivity contribution >= 4 is 44.9 Å². The number of halogens is 4. The number of alkyl halides is 3. The van der Waals surface area contributed by atoms with Gasteiger partial charge in [-0.05, 0) is 55.5 Å². The molecule has 3 aromatic carbocycles. The Hall–Kier alpha value is -3.57. The minimum atomic E-state index is -4.73. The highest BCUT2D eigenvalue weighted by Gasteiger charge is 2.33. The molecule has 12 heteroatoms. The van der Waals surface area contributed by atoms with Gasteiger partial charge >= 0.3 is 12.1 Å². The van der Waals surface area contributed by atoms with E-state index in [2.05, 4.69) is 5.32 Å². The number of amides is 1. The molecule has 0 bridgehead atoms. The molecular formula is C24H20ClF3N2O5S. The molecule has 190 valence electrons. The predicted molar refractivity (Wildman–Crippen MR) is 128 cm³/mol. The van der Waals surface area contributed by atoms with Gasteiger partial charge in [-0.1, -0.05) is 35.9 Å². The van der Waals surface area contributed by atoms with Crippen molar-refractivity contribution in [2.75, 3.05) is 22.8 Å². The van der Waals surface area contributed by atoms with Gasteiger partial charge in [0, 0.05) is 5.69 Å². The Bertz CT molecular complexity index is 1370. The summed E-state index contributed by atoms with van der Waals surface area (Å²) in [5, 5.41) is 2.51. The minimum Gasteiger partial charge on any atom is -0.462 e. The largest absolute Gasteiger partial charge is 0.462 e. The lowest BCUT2D eigenvalue weighted by atomic mass is 10.2. The molecule has 36 heavy (non-hydrogen) atoms. The Morgan fingerprint density at radius 2 is 1.69 bits per heavy atom. The van der Waals surface area contributed by atoms with Gasteiger partial charge in [0.05, 0.1) is 33.3 Å². The van der Waals surface area contributed by atoms with E-state index in [1.54, 1.807) is 13.0 Å². The molecule has 1 amide bonds. The van der Waals surface area contributed by atoms with Crippen LogP contribution in [-0.2, 0) is 25.7 Å². The van der Waals surface area contributed by atoms with Crippen molar-refractivity contribution < 1.29 is 35.9 Å². The van der Waals surface area contributed by atoms with Crippen LogP contribution in [0, 0.1) is 0 Å². The zero-order valence-electron chi connectivity index (χ0n) is 18.8. The van der Waals surface area contributed by atoms with Gasteiger partial charge in [0.2, 0.25) is 5.91 Å². The predicted octanol–water partition coefficient (Wildman–Crippen LogP) is 5.37. The summed E-state index contributed by atoms with van der Waals surface area (Å²) in [4.78, 5) is 24.7. The summed E-state index contributed by atoms with van der Waals surface area (Å²) in [5.41, 5.74) is -1.35. The van der Waals surface area contributed by atoms with E-state index < -0.39 is 40.2 Å². The summed E-state index contributed by atoms with van der Waals surface area (Å²) in [6.45, 7) is 0.845. The first kappa shape index (κ1) is 27.0. The number of nitrogens with zero attached hydrogens (tertiary/aromatic N) is 1. The van der Waals surface area contributed by atoms with Crippen LogP contribution in [0.5, 0.6) is 0 Å². The minimum absolute atomic E-state index is 0.0250. The van der Waals surface area contributed by atoms with Gasteiger partial charge in [0.15, 0.2) is 0 Å². The van der Waals surface area contributed by atoms with Gasteiger partial charge in [-0.3, -0.25) is 9.10 Å². The van der Waals surface area contributed by atoms with Crippen LogP contribution in [0.15, 0.2) is 77.7 Å². The normalized spacial score (nSPS) is 11.6. The molecule has 3 aromatic rings. The fourth-order valence-corrected chi connectivity index (χ4v) is 4.80. The van der Waals surface area contributed by atoms with Crippen LogP contribution in [0.1, 0.15) is 22.8 Å².